The summed E-state index contributed by atoms with van der Waals surface area (Å²) in [5.41, 5.74) is 0. The van der Waals surface area contributed by atoms with Gasteiger partial charge in [0.05, 0.1) is 6.10 Å². The molecule has 0 amide bonds. The normalized spacial score (nSPS) is 23.9. The van der Waals surface area contributed by atoms with Gasteiger partial charge in [0, 0.05) is 0 Å². The highest BCUT2D eigenvalue weighted by Gasteiger charge is 2.38. The fourth-order valence-electron chi connectivity index (χ4n) is 1.14. The lowest BCUT2D eigenvalue weighted by Crippen LogP contribution is -2.43. The maximum Gasteiger partial charge on any atom is 0.192 e. The highest BCUT2D eigenvalue weighted by Crippen LogP contribution is 2.38. The second-order valence-corrected chi connectivity index (χ2v) is 10.0. The molecular formula is C11H21OSi. The Morgan fingerprint density at radius 3 is 2.31 bits per heavy atom. The first-order valence-electron chi connectivity index (χ1n) is 5.01. The standard InChI is InChI=1S/C11H21OSi/c1-11(2,3)13(4,5)12-10-8-6-7-9-10/h6-8,10H,9H2,1-5H3. The van der Waals surface area contributed by atoms with Crippen molar-refractivity contribution in [2.24, 2.45) is 0 Å². The molecule has 0 aromatic heterocycles. The van der Waals surface area contributed by atoms with Crippen LogP contribution >= 0.6 is 0 Å². The Labute approximate surface area is 83.3 Å². The molecule has 0 N–H and O–H groups in total. The molecule has 1 aliphatic rings. The molecule has 1 atom stereocenters. The highest BCUT2D eigenvalue weighted by molar-refractivity contribution is 6.74. The van der Waals surface area contributed by atoms with Crippen molar-refractivity contribution in [3.05, 3.63) is 18.6 Å². The zero-order valence-electron chi connectivity index (χ0n) is 9.42. The van der Waals surface area contributed by atoms with E-state index in [1.165, 1.54) is 0 Å². The first-order chi connectivity index (χ1) is 5.83. The van der Waals surface area contributed by atoms with Crippen LogP contribution in [0.1, 0.15) is 27.2 Å². The second-order valence-electron chi connectivity index (χ2n) is 5.27. The molecule has 0 bridgehead atoms. The second kappa shape index (κ2) is 3.58. The van der Waals surface area contributed by atoms with Crippen molar-refractivity contribution in [2.75, 3.05) is 0 Å². The van der Waals surface area contributed by atoms with Gasteiger partial charge in [0.1, 0.15) is 0 Å². The molecule has 0 spiro atoms. The zero-order valence-corrected chi connectivity index (χ0v) is 10.4. The topological polar surface area (TPSA) is 9.23 Å². The van der Waals surface area contributed by atoms with Gasteiger partial charge in [-0.1, -0.05) is 32.9 Å². The fraction of sp³-hybridized carbons (Fsp3) is 0.727. The van der Waals surface area contributed by atoms with Crippen molar-refractivity contribution in [2.45, 2.75) is 51.4 Å². The van der Waals surface area contributed by atoms with Crippen LogP contribution in [0.5, 0.6) is 0 Å². The summed E-state index contributed by atoms with van der Waals surface area (Å²) in [6, 6.07) is 0. The van der Waals surface area contributed by atoms with E-state index in [9.17, 15) is 0 Å². The number of hydrogen-bond acceptors (Lipinski definition) is 1. The van der Waals surface area contributed by atoms with Crippen molar-refractivity contribution in [3.63, 3.8) is 0 Å². The predicted molar refractivity (Wildman–Crippen MR) is 60.1 cm³/mol. The van der Waals surface area contributed by atoms with Crippen LogP contribution < -0.4 is 0 Å². The van der Waals surface area contributed by atoms with Crippen LogP contribution in [0.4, 0.5) is 0 Å². The Kier molecular flexibility index (Phi) is 3.03. The molecule has 1 unspecified atom stereocenters. The molecule has 0 aromatic rings. The average Bonchev–Trinajstić information content (AvgIpc) is 2.35. The van der Waals surface area contributed by atoms with Gasteiger partial charge in [-0.15, -0.1) is 0 Å². The lowest BCUT2D eigenvalue weighted by atomic mass is 10.2. The smallest absolute Gasteiger partial charge is 0.192 e. The third-order valence-electron chi connectivity index (χ3n) is 3.08. The van der Waals surface area contributed by atoms with Crippen molar-refractivity contribution in [1.29, 1.82) is 0 Å². The van der Waals surface area contributed by atoms with E-state index < -0.39 is 8.32 Å². The van der Waals surface area contributed by atoms with Crippen LogP contribution in [0.25, 0.3) is 0 Å². The van der Waals surface area contributed by atoms with Crippen molar-refractivity contribution < 1.29 is 4.43 Å². The van der Waals surface area contributed by atoms with Crippen molar-refractivity contribution >= 4 is 8.32 Å². The largest absolute Gasteiger partial charge is 0.411 e. The SMILES string of the molecule is CC(C)(C)[Si](C)(C)OC1C=C[CH]C1. The molecule has 1 rings (SSSR count). The van der Waals surface area contributed by atoms with Crippen LogP contribution in [0.3, 0.4) is 0 Å². The van der Waals surface area contributed by atoms with Gasteiger partial charge in [0.2, 0.25) is 0 Å². The molecule has 1 aliphatic carbocycles. The molecule has 0 saturated heterocycles. The van der Waals surface area contributed by atoms with Gasteiger partial charge in [-0.3, -0.25) is 0 Å². The van der Waals surface area contributed by atoms with Crippen LogP contribution in [-0.2, 0) is 4.43 Å². The van der Waals surface area contributed by atoms with Crippen LogP contribution in [0.15, 0.2) is 12.2 Å². The summed E-state index contributed by atoms with van der Waals surface area (Å²) >= 11 is 0. The lowest BCUT2D eigenvalue weighted by Gasteiger charge is -2.38. The van der Waals surface area contributed by atoms with E-state index in [0.29, 0.717) is 11.1 Å². The molecule has 0 heterocycles. The molecule has 0 aliphatic heterocycles. The van der Waals surface area contributed by atoms with Crippen LogP contribution in [-0.4, -0.2) is 14.4 Å². The molecule has 75 valence electrons. The number of allylic oxidation sites excluding steroid dienone is 1. The van der Waals surface area contributed by atoms with E-state index >= 15 is 0 Å². The number of hydrogen-bond donors (Lipinski definition) is 0. The Hall–Kier alpha value is -0.0831. The Morgan fingerprint density at radius 2 is 1.92 bits per heavy atom. The molecule has 0 fully saturated rings. The summed E-state index contributed by atoms with van der Waals surface area (Å²) in [5, 5.41) is 0.323. The van der Waals surface area contributed by atoms with E-state index in [-0.39, 0.29) is 0 Å². The first kappa shape index (κ1) is 11.0. The summed E-state index contributed by atoms with van der Waals surface area (Å²) in [6.07, 6.45) is 7.86. The van der Waals surface area contributed by atoms with Crippen molar-refractivity contribution in [3.8, 4) is 0 Å². The monoisotopic (exact) mass is 197 g/mol. The van der Waals surface area contributed by atoms with Crippen molar-refractivity contribution in [1.82, 2.24) is 0 Å². The van der Waals surface area contributed by atoms with Crippen LogP contribution in [0.2, 0.25) is 18.1 Å². The first-order valence-corrected chi connectivity index (χ1v) is 7.91. The molecule has 1 nitrogen and oxygen atoms in total. The van der Waals surface area contributed by atoms with Gasteiger partial charge in [-0.05, 0) is 31.0 Å². The van der Waals surface area contributed by atoms with E-state index in [0.717, 1.165) is 6.42 Å². The summed E-state index contributed by atoms with van der Waals surface area (Å²) in [7, 11) is -1.54. The third kappa shape index (κ3) is 2.68. The maximum atomic E-state index is 6.18. The van der Waals surface area contributed by atoms with Gasteiger partial charge in [0.15, 0.2) is 8.32 Å². The Balaban J connectivity index is 2.55. The fourth-order valence-corrected chi connectivity index (χ4v) is 2.42. The zero-order chi connectivity index (χ0) is 10.1. The van der Waals surface area contributed by atoms with E-state index in [4.69, 9.17) is 4.43 Å². The Bertz CT molecular complexity index is 201. The third-order valence-corrected chi connectivity index (χ3v) is 7.59. The van der Waals surface area contributed by atoms with Gasteiger partial charge in [-0.2, -0.15) is 0 Å². The number of rotatable bonds is 2. The quantitative estimate of drug-likeness (QED) is 0.615. The minimum Gasteiger partial charge on any atom is -0.411 e. The van der Waals surface area contributed by atoms with E-state index in [1.54, 1.807) is 0 Å². The summed E-state index contributed by atoms with van der Waals surface area (Å²) in [6.45, 7) is 11.4. The summed E-state index contributed by atoms with van der Waals surface area (Å²) < 4.78 is 6.18. The van der Waals surface area contributed by atoms with E-state index in [2.05, 4.69) is 52.4 Å². The molecule has 13 heavy (non-hydrogen) atoms. The maximum absolute atomic E-state index is 6.18. The molecule has 1 radical (unpaired) electrons. The Morgan fingerprint density at radius 1 is 1.31 bits per heavy atom. The lowest BCUT2D eigenvalue weighted by molar-refractivity contribution is 0.231. The van der Waals surface area contributed by atoms with Crippen LogP contribution in [0, 0.1) is 6.42 Å². The minimum atomic E-state index is -1.54. The van der Waals surface area contributed by atoms with E-state index in [1.807, 2.05) is 0 Å². The molecular weight excluding hydrogens is 176 g/mol. The highest BCUT2D eigenvalue weighted by atomic mass is 28.4. The van der Waals surface area contributed by atoms with Gasteiger partial charge in [0.25, 0.3) is 0 Å². The molecule has 0 aromatic carbocycles. The molecule has 0 saturated carbocycles. The van der Waals surface area contributed by atoms with Gasteiger partial charge >= 0.3 is 0 Å². The van der Waals surface area contributed by atoms with Gasteiger partial charge < -0.3 is 4.43 Å². The van der Waals surface area contributed by atoms with Gasteiger partial charge in [-0.25, -0.2) is 0 Å². The average molecular weight is 197 g/mol. The molecule has 2 heteroatoms. The summed E-state index contributed by atoms with van der Waals surface area (Å²) in [4.78, 5) is 0. The minimum absolute atomic E-state index is 0.323. The summed E-state index contributed by atoms with van der Waals surface area (Å²) in [5.74, 6) is 0. The predicted octanol–water partition coefficient (Wildman–Crippen LogP) is 3.54.